The van der Waals surface area contributed by atoms with Gasteiger partial charge in [0.2, 0.25) is 5.91 Å². The summed E-state index contributed by atoms with van der Waals surface area (Å²) in [6.45, 7) is 1.48. The van der Waals surface area contributed by atoms with Gasteiger partial charge in [-0.3, -0.25) is 4.79 Å². The van der Waals surface area contributed by atoms with Gasteiger partial charge in [-0.15, -0.1) is 12.4 Å². The molecule has 0 spiro atoms. The van der Waals surface area contributed by atoms with Crippen molar-refractivity contribution in [2.45, 2.75) is 24.9 Å². The number of carbonyl (C=O) groups is 1. The molecular formula is C20H25ClN2O4. The molecule has 0 radical (unpaired) electrons. The van der Waals surface area contributed by atoms with Crippen LogP contribution in [0, 0.1) is 0 Å². The lowest BCUT2D eigenvalue weighted by Gasteiger charge is -2.31. The molecule has 2 aromatic rings. The first-order valence-corrected chi connectivity index (χ1v) is 8.65. The fourth-order valence-corrected chi connectivity index (χ4v) is 2.83. The van der Waals surface area contributed by atoms with Gasteiger partial charge in [0.15, 0.2) is 11.5 Å². The summed E-state index contributed by atoms with van der Waals surface area (Å²) in [4.78, 5) is 12.3. The number of nitrogens with one attached hydrogen (secondary N) is 1. The van der Waals surface area contributed by atoms with Gasteiger partial charge >= 0.3 is 0 Å². The van der Waals surface area contributed by atoms with Gasteiger partial charge in [-0.2, -0.15) is 0 Å². The first-order chi connectivity index (χ1) is 12.6. The van der Waals surface area contributed by atoms with Crippen molar-refractivity contribution < 1.29 is 19.0 Å². The van der Waals surface area contributed by atoms with Gasteiger partial charge in [0.1, 0.15) is 5.75 Å². The van der Waals surface area contributed by atoms with Gasteiger partial charge in [-0.05, 0) is 42.7 Å². The first kappa shape index (κ1) is 21.0. The molecule has 7 heteroatoms. The van der Waals surface area contributed by atoms with Crippen LogP contribution in [0.2, 0.25) is 0 Å². The van der Waals surface area contributed by atoms with Gasteiger partial charge in [0.05, 0.1) is 12.6 Å². The average Bonchev–Trinajstić information content (AvgIpc) is 2.68. The van der Waals surface area contributed by atoms with Crippen LogP contribution >= 0.6 is 12.4 Å². The summed E-state index contributed by atoms with van der Waals surface area (Å²) < 4.78 is 16.4. The van der Waals surface area contributed by atoms with Crippen molar-refractivity contribution in [3.8, 4) is 17.2 Å². The summed E-state index contributed by atoms with van der Waals surface area (Å²) in [7, 11) is 1.61. The van der Waals surface area contributed by atoms with Crippen LogP contribution in [0.25, 0.3) is 0 Å². The zero-order valence-corrected chi connectivity index (χ0v) is 16.1. The summed E-state index contributed by atoms with van der Waals surface area (Å²) >= 11 is 0. The van der Waals surface area contributed by atoms with E-state index in [4.69, 9.17) is 19.9 Å². The lowest BCUT2D eigenvalue weighted by atomic mass is 9.90. The number of benzene rings is 2. The van der Waals surface area contributed by atoms with E-state index in [-0.39, 0.29) is 18.3 Å². The summed E-state index contributed by atoms with van der Waals surface area (Å²) in [5.41, 5.74) is 6.33. The van der Waals surface area contributed by atoms with Crippen molar-refractivity contribution in [3.63, 3.8) is 0 Å². The van der Waals surface area contributed by atoms with E-state index in [9.17, 15) is 4.79 Å². The third kappa shape index (κ3) is 5.35. The molecule has 0 saturated carbocycles. The summed E-state index contributed by atoms with van der Waals surface area (Å²) in [5, 5.41) is 2.92. The number of amides is 1. The number of nitrogens with two attached hydrogens (primary N) is 1. The maximum Gasteiger partial charge on any atom is 0.240 e. The molecule has 146 valence electrons. The average molecular weight is 393 g/mol. The number of ether oxygens (including phenoxy) is 3. The van der Waals surface area contributed by atoms with Crippen molar-refractivity contribution in [3.05, 3.63) is 54.1 Å². The Balaban J connectivity index is 0.00000261. The number of para-hydroxylation sites is 2. The molecule has 0 bridgehead atoms. The number of hydrogen-bond acceptors (Lipinski definition) is 5. The smallest absolute Gasteiger partial charge is 0.240 e. The van der Waals surface area contributed by atoms with E-state index in [0.717, 1.165) is 5.56 Å². The second-order valence-electron chi connectivity index (χ2n) is 6.35. The monoisotopic (exact) mass is 392 g/mol. The van der Waals surface area contributed by atoms with Gasteiger partial charge in [-0.25, -0.2) is 0 Å². The molecule has 6 nitrogen and oxygen atoms in total. The number of carbonyl (C=O) groups excluding carboxylic acids is 1. The maximum atomic E-state index is 12.3. The van der Waals surface area contributed by atoms with Crippen LogP contribution in [-0.2, 0) is 16.1 Å². The topological polar surface area (TPSA) is 82.8 Å². The molecule has 1 saturated heterocycles. The molecule has 0 unspecified atom stereocenters. The fourth-order valence-electron chi connectivity index (χ4n) is 2.83. The van der Waals surface area contributed by atoms with Gasteiger partial charge in [-0.1, -0.05) is 24.3 Å². The SMILES string of the molecule is COc1ccccc1Oc1ccc(CNC(=O)C2(N)CCOCC2)cc1.Cl. The number of methoxy groups -OCH3 is 1. The van der Waals surface area contributed by atoms with E-state index in [1.54, 1.807) is 7.11 Å². The Morgan fingerprint density at radius 3 is 2.37 bits per heavy atom. The Bertz CT molecular complexity index is 746. The number of rotatable bonds is 6. The third-order valence-corrected chi connectivity index (χ3v) is 4.51. The molecule has 1 heterocycles. The summed E-state index contributed by atoms with van der Waals surface area (Å²) in [6.07, 6.45) is 1.09. The fraction of sp³-hybridized carbons (Fsp3) is 0.350. The minimum atomic E-state index is -0.828. The highest BCUT2D eigenvalue weighted by Gasteiger charge is 2.35. The van der Waals surface area contributed by atoms with E-state index < -0.39 is 5.54 Å². The molecule has 1 aliphatic heterocycles. The van der Waals surface area contributed by atoms with Crippen molar-refractivity contribution in [2.24, 2.45) is 5.73 Å². The summed E-state index contributed by atoms with van der Waals surface area (Å²) in [5.74, 6) is 1.90. The summed E-state index contributed by atoms with van der Waals surface area (Å²) in [6, 6.07) is 15.0. The highest BCUT2D eigenvalue weighted by Crippen LogP contribution is 2.30. The Kier molecular flexibility index (Phi) is 7.47. The van der Waals surface area contributed by atoms with Crippen LogP contribution in [0.4, 0.5) is 0 Å². The van der Waals surface area contributed by atoms with E-state index in [1.807, 2.05) is 48.5 Å². The Morgan fingerprint density at radius 1 is 1.11 bits per heavy atom. The van der Waals surface area contributed by atoms with Crippen LogP contribution in [-0.4, -0.2) is 31.8 Å². The quantitative estimate of drug-likeness (QED) is 0.789. The zero-order valence-electron chi connectivity index (χ0n) is 15.3. The standard InChI is InChI=1S/C20H24N2O4.ClH/c1-24-17-4-2-3-5-18(17)26-16-8-6-15(7-9-16)14-22-19(23)20(21)10-12-25-13-11-20;/h2-9H,10-14,21H2,1H3,(H,22,23);1H. The Hall–Kier alpha value is -2.28. The highest BCUT2D eigenvalue weighted by atomic mass is 35.5. The van der Waals surface area contributed by atoms with Crippen LogP contribution in [0.1, 0.15) is 18.4 Å². The molecule has 2 aromatic carbocycles. The number of halogens is 1. The second kappa shape index (κ2) is 9.60. The lowest BCUT2D eigenvalue weighted by Crippen LogP contribution is -2.56. The molecule has 1 fully saturated rings. The van der Waals surface area contributed by atoms with Crippen molar-refractivity contribution in [2.75, 3.05) is 20.3 Å². The molecule has 3 rings (SSSR count). The molecule has 0 aliphatic carbocycles. The lowest BCUT2D eigenvalue weighted by molar-refractivity contribution is -0.129. The Morgan fingerprint density at radius 2 is 1.74 bits per heavy atom. The van der Waals surface area contributed by atoms with Gasteiger partial charge < -0.3 is 25.3 Å². The van der Waals surface area contributed by atoms with Crippen molar-refractivity contribution in [1.82, 2.24) is 5.32 Å². The van der Waals surface area contributed by atoms with Crippen LogP contribution in [0.15, 0.2) is 48.5 Å². The third-order valence-electron chi connectivity index (χ3n) is 4.51. The minimum Gasteiger partial charge on any atom is -0.493 e. The van der Waals surface area contributed by atoms with Crippen molar-refractivity contribution in [1.29, 1.82) is 0 Å². The van der Waals surface area contributed by atoms with Gasteiger partial charge in [0.25, 0.3) is 0 Å². The predicted molar refractivity (Wildman–Crippen MR) is 106 cm³/mol. The predicted octanol–water partition coefficient (Wildman–Crippen LogP) is 3.03. The van der Waals surface area contributed by atoms with Gasteiger partial charge in [0, 0.05) is 19.8 Å². The second-order valence-corrected chi connectivity index (χ2v) is 6.35. The Labute approximate surface area is 165 Å². The largest absolute Gasteiger partial charge is 0.493 e. The number of hydrogen-bond donors (Lipinski definition) is 2. The van der Waals surface area contributed by atoms with Crippen LogP contribution in [0.5, 0.6) is 17.2 Å². The molecule has 1 amide bonds. The molecule has 27 heavy (non-hydrogen) atoms. The minimum absolute atomic E-state index is 0. The van der Waals surface area contributed by atoms with Crippen molar-refractivity contribution >= 4 is 18.3 Å². The van der Waals surface area contributed by atoms with E-state index >= 15 is 0 Å². The van der Waals surface area contributed by atoms with E-state index in [1.165, 1.54) is 0 Å². The molecule has 0 atom stereocenters. The first-order valence-electron chi connectivity index (χ1n) is 8.65. The molecule has 1 aliphatic rings. The molecule has 3 N–H and O–H groups in total. The van der Waals surface area contributed by atoms with E-state index in [2.05, 4.69) is 5.32 Å². The molecular weight excluding hydrogens is 368 g/mol. The highest BCUT2D eigenvalue weighted by molar-refractivity contribution is 5.86. The zero-order chi connectivity index (χ0) is 18.4. The molecule has 0 aromatic heterocycles. The normalized spacial score (nSPS) is 15.3. The van der Waals surface area contributed by atoms with Crippen LogP contribution < -0.4 is 20.5 Å². The van der Waals surface area contributed by atoms with Crippen LogP contribution in [0.3, 0.4) is 0 Å². The van der Waals surface area contributed by atoms with E-state index in [0.29, 0.717) is 49.8 Å². The maximum absolute atomic E-state index is 12.3.